The number of amides is 2. The van der Waals surface area contributed by atoms with Crippen LogP contribution in [-0.4, -0.2) is 50.4 Å². The molecule has 0 aliphatic heterocycles. The average molecular weight is 662 g/mol. The summed E-state index contributed by atoms with van der Waals surface area (Å²) in [5, 5.41) is 3.34. The van der Waals surface area contributed by atoms with E-state index < -0.39 is 34.1 Å². The number of rotatable bonds is 12. The molecule has 8 nitrogen and oxygen atoms in total. The van der Waals surface area contributed by atoms with Crippen LogP contribution in [-0.2, 0) is 32.6 Å². The predicted octanol–water partition coefficient (Wildman–Crippen LogP) is 6.41. The van der Waals surface area contributed by atoms with Gasteiger partial charge in [0.15, 0.2) is 0 Å². The lowest BCUT2D eigenvalue weighted by molar-refractivity contribution is -0.140. The largest absolute Gasteiger partial charge is 0.497 e. The van der Waals surface area contributed by atoms with E-state index in [0.717, 1.165) is 15.4 Å². The Kier molecular flexibility index (Phi) is 11.1. The highest BCUT2D eigenvalue weighted by Crippen LogP contribution is 2.28. The molecule has 0 saturated heterocycles. The molecule has 2 amide bonds. The van der Waals surface area contributed by atoms with Crippen molar-refractivity contribution in [2.75, 3.05) is 18.0 Å². The SMILES string of the molecule is COc1cccc(CN(C(=O)CN(c2cccc(Cl)c2)S(=O)(=O)c2ccc(C)cc2)C(Cc2ccccc2)C(=O)NC(C)(C)C)c1. The third-order valence-electron chi connectivity index (χ3n) is 7.24. The van der Waals surface area contributed by atoms with E-state index in [0.29, 0.717) is 16.3 Å². The molecule has 0 saturated carbocycles. The van der Waals surface area contributed by atoms with Crippen LogP contribution in [0.2, 0.25) is 5.02 Å². The number of carbonyl (C=O) groups excluding carboxylic acids is 2. The van der Waals surface area contributed by atoms with Crippen LogP contribution in [0.5, 0.6) is 5.75 Å². The summed E-state index contributed by atoms with van der Waals surface area (Å²) >= 11 is 6.30. The van der Waals surface area contributed by atoms with Crippen LogP contribution in [0, 0.1) is 6.92 Å². The molecule has 1 unspecified atom stereocenters. The third kappa shape index (κ3) is 9.11. The molecule has 0 bridgehead atoms. The van der Waals surface area contributed by atoms with Crippen molar-refractivity contribution in [2.24, 2.45) is 0 Å². The monoisotopic (exact) mass is 661 g/mol. The maximum Gasteiger partial charge on any atom is 0.264 e. The van der Waals surface area contributed by atoms with E-state index in [9.17, 15) is 18.0 Å². The summed E-state index contributed by atoms with van der Waals surface area (Å²) in [7, 11) is -2.68. The van der Waals surface area contributed by atoms with Gasteiger partial charge in [-0.25, -0.2) is 8.42 Å². The summed E-state index contributed by atoms with van der Waals surface area (Å²) in [4.78, 5) is 30.0. The summed E-state index contributed by atoms with van der Waals surface area (Å²) in [5.41, 5.74) is 2.09. The molecule has 0 spiro atoms. The lowest BCUT2D eigenvalue weighted by atomic mass is 10.0. The molecule has 4 rings (SSSR count). The maximum absolute atomic E-state index is 14.6. The quantitative estimate of drug-likeness (QED) is 0.189. The van der Waals surface area contributed by atoms with Gasteiger partial charge in [0.05, 0.1) is 17.7 Å². The molecule has 4 aromatic rings. The first-order valence-electron chi connectivity index (χ1n) is 14.9. The lowest BCUT2D eigenvalue weighted by Gasteiger charge is -2.35. The number of halogens is 1. The molecule has 0 aliphatic carbocycles. The van der Waals surface area contributed by atoms with Gasteiger partial charge >= 0.3 is 0 Å². The first kappa shape index (κ1) is 34.5. The fourth-order valence-electron chi connectivity index (χ4n) is 4.97. The fraction of sp³-hybridized carbons (Fsp3) is 0.278. The van der Waals surface area contributed by atoms with Crippen molar-refractivity contribution in [3.8, 4) is 5.75 Å². The van der Waals surface area contributed by atoms with E-state index in [4.69, 9.17) is 16.3 Å². The number of anilines is 1. The van der Waals surface area contributed by atoms with Gasteiger partial charge in [0, 0.05) is 23.5 Å². The van der Waals surface area contributed by atoms with Gasteiger partial charge in [-0.1, -0.05) is 77.8 Å². The minimum absolute atomic E-state index is 0.0246. The van der Waals surface area contributed by atoms with E-state index in [1.807, 2.05) is 64.1 Å². The van der Waals surface area contributed by atoms with Crippen molar-refractivity contribution in [1.82, 2.24) is 10.2 Å². The third-order valence-corrected chi connectivity index (χ3v) is 9.26. The molecule has 0 heterocycles. The summed E-state index contributed by atoms with van der Waals surface area (Å²) < 4.78 is 34.8. The molecular formula is C36H40ClN3O5S. The minimum Gasteiger partial charge on any atom is -0.497 e. The Labute approximate surface area is 277 Å². The highest BCUT2D eigenvalue weighted by atomic mass is 35.5. The summed E-state index contributed by atoms with van der Waals surface area (Å²) in [6, 6.07) is 28.4. The van der Waals surface area contributed by atoms with E-state index in [-0.39, 0.29) is 29.5 Å². The Hall–Kier alpha value is -4.34. The minimum atomic E-state index is -4.23. The van der Waals surface area contributed by atoms with Gasteiger partial charge in [0.2, 0.25) is 11.8 Å². The van der Waals surface area contributed by atoms with Gasteiger partial charge in [-0.3, -0.25) is 13.9 Å². The van der Waals surface area contributed by atoms with Gasteiger partial charge in [-0.15, -0.1) is 0 Å². The molecule has 1 atom stereocenters. The zero-order chi connectivity index (χ0) is 33.5. The van der Waals surface area contributed by atoms with Crippen LogP contribution in [0.15, 0.2) is 108 Å². The number of nitrogens with one attached hydrogen (secondary N) is 1. The number of sulfonamides is 1. The van der Waals surface area contributed by atoms with Gasteiger partial charge in [0.1, 0.15) is 18.3 Å². The second-order valence-electron chi connectivity index (χ2n) is 12.1. The van der Waals surface area contributed by atoms with Gasteiger partial charge in [0.25, 0.3) is 10.0 Å². The standard InChI is InChI=1S/C36H40ClN3O5S/c1-26-17-19-32(20-18-26)46(43,44)40(30-15-10-14-29(37)23-30)25-34(41)39(24-28-13-9-16-31(21-28)45-5)33(35(42)38-36(2,3)4)22-27-11-7-6-8-12-27/h6-21,23,33H,22,24-25H2,1-5H3,(H,38,42). The Bertz CT molecular complexity index is 1760. The second kappa shape index (κ2) is 14.8. The molecule has 242 valence electrons. The van der Waals surface area contributed by atoms with Crippen molar-refractivity contribution >= 4 is 39.1 Å². The first-order chi connectivity index (χ1) is 21.8. The Morgan fingerprint density at radius 2 is 1.52 bits per heavy atom. The normalized spacial score (nSPS) is 12.2. The predicted molar refractivity (Wildman–Crippen MR) is 183 cm³/mol. The molecule has 0 aliphatic rings. The maximum atomic E-state index is 14.6. The molecule has 0 radical (unpaired) electrons. The summed E-state index contributed by atoms with van der Waals surface area (Å²) in [6.45, 7) is 6.92. The number of carbonyl (C=O) groups is 2. The molecule has 1 N–H and O–H groups in total. The van der Waals surface area contributed by atoms with E-state index in [1.54, 1.807) is 55.6 Å². The average Bonchev–Trinajstić information content (AvgIpc) is 3.01. The van der Waals surface area contributed by atoms with Crippen LogP contribution in [0.3, 0.4) is 0 Å². The zero-order valence-electron chi connectivity index (χ0n) is 26.7. The van der Waals surface area contributed by atoms with Crippen LogP contribution in [0.1, 0.15) is 37.5 Å². The zero-order valence-corrected chi connectivity index (χ0v) is 28.3. The van der Waals surface area contributed by atoms with E-state index in [1.165, 1.54) is 23.1 Å². The number of hydrogen-bond donors (Lipinski definition) is 1. The summed E-state index contributed by atoms with van der Waals surface area (Å²) in [5.74, 6) is -0.335. The Morgan fingerprint density at radius 1 is 0.870 bits per heavy atom. The number of aryl methyl sites for hydroxylation is 1. The van der Waals surface area contributed by atoms with E-state index >= 15 is 0 Å². The van der Waals surface area contributed by atoms with Crippen molar-refractivity contribution in [3.63, 3.8) is 0 Å². The summed E-state index contributed by atoms with van der Waals surface area (Å²) in [6.07, 6.45) is 0.209. The van der Waals surface area contributed by atoms with E-state index in [2.05, 4.69) is 5.32 Å². The van der Waals surface area contributed by atoms with Crippen molar-refractivity contribution < 1.29 is 22.7 Å². The van der Waals surface area contributed by atoms with Crippen LogP contribution >= 0.6 is 11.6 Å². The number of methoxy groups -OCH3 is 1. The highest BCUT2D eigenvalue weighted by Gasteiger charge is 2.35. The van der Waals surface area contributed by atoms with Crippen LogP contribution in [0.25, 0.3) is 0 Å². The molecular weight excluding hydrogens is 622 g/mol. The number of nitrogens with zero attached hydrogens (tertiary/aromatic N) is 2. The topological polar surface area (TPSA) is 96.0 Å². The molecule has 10 heteroatoms. The fourth-order valence-corrected chi connectivity index (χ4v) is 6.56. The van der Waals surface area contributed by atoms with Gasteiger partial charge in [-0.2, -0.15) is 0 Å². The van der Waals surface area contributed by atoms with Crippen LogP contribution < -0.4 is 14.4 Å². The first-order valence-corrected chi connectivity index (χ1v) is 16.7. The highest BCUT2D eigenvalue weighted by molar-refractivity contribution is 7.92. The number of benzene rings is 4. The number of hydrogen-bond acceptors (Lipinski definition) is 5. The molecule has 4 aromatic carbocycles. The van der Waals surface area contributed by atoms with Gasteiger partial charge in [-0.05, 0) is 81.3 Å². The smallest absolute Gasteiger partial charge is 0.264 e. The van der Waals surface area contributed by atoms with Crippen molar-refractivity contribution in [3.05, 3.63) is 125 Å². The second-order valence-corrected chi connectivity index (χ2v) is 14.4. The molecule has 0 aromatic heterocycles. The Balaban J connectivity index is 1.83. The molecule has 0 fully saturated rings. The van der Waals surface area contributed by atoms with Crippen molar-refractivity contribution in [1.29, 1.82) is 0 Å². The van der Waals surface area contributed by atoms with Crippen LogP contribution in [0.4, 0.5) is 5.69 Å². The number of ether oxygens (including phenoxy) is 1. The molecule has 46 heavy (non-hydrogen) atoms. The van der Waals surface area contributed by atoms with Crippen molar-refractivity contribution in [2.45, 2.75) is 57.1 Å². The lowest BCUT2D eigenvalue weighted by Crippen LogP contribution is -2.56. The Morgan fingerprint density at radius 3 is 2.15 bits per heavy atom. The van der Waals surface area contributed by atoms with Gasteiger partial charge < -0.3 is 15.0 Å².